The smallest absolute Gasteiger partial charge is 0.320 e. The van der Waals surface area contributed by atoms with Gasteiger partial charge >= 0.3 is 6.03 Å². The van der Waals surface area contributed by atoms with Crippen molar-refractivity contribution in [1.29, 1.82) is 0 Å². The molecule has 2 aromatic heterocycles. The fraction of sp³-hybridized carbons (Fsp3) is 0.519. The average molecular weight is 573 g/mol. The van der Waals surface area contributed by atoms with Gasteiger partial charge in [-0.25, -0.2) is 9.78 Å². The van der Waals surface area contributed by atoms with Gasteiger partial charge < -0.3 is 14.7 Å². The van der Waals surface area contributed by atoms with Gasteiger partial charge in [-0.15, -0.1) is 11.3 Å². The second-order valence-corrected chi connectivity index (χ2v) is 12.4. The molecule has 3 aliphatic rings. The summed E-state index contributed by atoms with van der Waals surface area (Å²) in [4.78, 5) is 37.1. The molecule has 2 amide bonds. The number of rotatable bonds is 7. The molecule has 2 aliphatic heterocycles. The number of likely N-dealkylation sites (tertiary alicyclic amines) is 2. The molecule has 0 radical (unpaired) electrons. The van der Waals surface area contributed by atoms with E-state index >= 15 is 0 Å². The summed E-state index contributed by atoms with van der Waals surface area (Å²) in [6.07, 6.45) is 19.0. The molecule has 0 spiro atoms. The molecule has 1 aliphatic carbocycles. The Balaban J connectivity index is 1.09. The standard InChI is InChI=1S/C27H34BrN5O2S/c1-30(21-11-14-31(17-21)13-7-6-10-20-8-4-2-3-5-9-20)27(35)32-15-12-22(18-32)33-19-29-23-16-24(28)36-25(23)26(33)34/h2-4,8-9,16,19,21-22H,5-7,10-15,17-18H2,1H3. The summed E-state index contributed by atoms with van der Waals surface area (Å²) < 4.78 is 3.28. The zero-order valence-corrected chi connectivity index (χ0v) is 23.2. The van der Waals surface area contributed by atoms with Crippen LogP contribution in [-0.2, 0) is 0 Å². The third-order valence-electron chi connectivity index (χ3n) is 7.62. The van der Waals surface area contributed by atoms with Crippen molar-refractivity contribution < 1.29 is 4.79 Å². The lowest BCUT2D eigenvalue weighted by Crippen LogP contribution is -2.46. The van der Waals surface area contributed by atoms with Crippen molar-refractivity contribution >= 4 is 43.5 Å². The van der Waals surface area contributed by atoms with Crippen LogP contribution in [0.2, 0.25) is 0 Å². The number of halogens is 1. The van der Waals surface area contributed by atoms with Gasteiger partial charge in [-0.3, -0.25) is 9.36 Å². The van der Waals surface area contributed by atoms with E-state index in [9.17, 15) is 9.59 Å². The molecule has 2 saturated heterocycles. The molecule has 0 aromatic carbocycles. The number of fused-ring (bicyclic) bond motifs is 1. The molecule has 0 bridgehead atoms. The summed E-state index contributed by atoms with van der Waals surface area (Å²) in [5.74, 6) is 0. The molecule has 9 heteroatoms. The number of urea groups is 1. The average Bonchev–Trinajstić information content (AvgIpc) is 3.58. The van der Waals surface area contributed by atoms with Crippen LogP contribution >= 0.6 is 27.3 Å². The van der Waals surface area contributed by atoms with Gasteiger partial charge in [0.2, 0.25) is 0 Å². The van der Waals surface area contributed by atoms with Gasteiger partial charge in [0.25, 0.3) is 5.56 Å². The number of amides is 2. The number of hydrogen-bond donors (Lipinski definition) is 0. The highest BCUT2D eigenvalue weighted by atomic mass is 79.9. The Kier molecular flexibility index (Phi) is 8.08. The monoisotopic (exact) mass is 571 g/mol. The maximum atomic E-state index is 13.3. The summed E-state index contributed by atoms with van der Waals surface area (Å²) in [6, 6.07) is 2.17. The summed E-state index contributed by atoms with van der Waals surface area (Å²) in [5, 5.41) is 0. The molecular formula is C27H34BrN5O2S. The third kappa shape index (κ3) is 5.68. The van der Waals surface area contributed by atoms with E-state index in [1.807, 2.05) is 22.9 Å². The Labute approximate surface area is 224 Å². The van der Waals surface area contributed by atoms with Crippen molar-refractivity contribution in [3.63, 3.8) is 0 Å². The van der Waals surface area contributed by atoms with Gasteiger partial charge in [0.05, 0.1) is 21.7 Å². The zero-order valence-electron chi connectivity index (χ0n) is 20.8. The maximum absolute atomic E-state index is 13.3. The van der Waals surface area contributed by atoms with Crippen molar-refractivity contribution in [1.82, 2.24) is 24.3 Å². The Morgan fingerprint density at radius 2 is 2.11 bits per heavy atom. The Hall–Kier alpha value is -2.23. The minimum Gasteiger partial charge on any atom is -0.323 e. The highest BCUT2D eigenvalue weighted by Crippen LogP contribution is 2.28. The Bertz CT molecular complexity index is 1250. The molecule has 2 aromatic rings. The van der Waals surface area contributed by atoms with Crippen molar-refractivity contribution in [3.8, 4) is 0 Å². The molecule has 0 saturated carbocycles. The fourth-order valence-electron chi connectivity index (χ4n) is 5.48. The van der Waals surface area contributed by atoms with E-state index in [1.54, 1.807) is 10.9 Å². The molecule has 2 atom stereocenters. The van der Waals surface area contributed by atoms with Crippen molar-refractivity contribution in [2.24, 2.45) is 0 Å². The van der Waals surface area contributed by atoms with Crippen LogP contribution in [-0.4, -0.2) is 76.1 Å². The van der Waals surface area contributed by atoms with E-state index in [0.717, 1.165) is 54.6 Å². The topological polar surface area (TPSA) is 61.7 Å². The predicted octanol–water partition coefficient (Wildman–Crippen LogP) is 5.21. The maximum Gasteiger partial charge on any atom is 0.320 e. The second kappa shape index (κ2) is 11.4. The third-order valence-corrected chi connectivity index (χ3v) is 9.24. The molecule has 2 fully saturated rings. The van der Waals surface area contributed by atoms with Crippen LogP contribution in [0.15, 0.2) is 56.9 Å². The second-order valence-electron chi connectivity index (χ2n) is 10.0. The lowest BCUT2D eigenvalue weighted by Gasteiger charge is -2.29. The van der Waals surface area contributed by atoms with Gasteiger partial charge in [0, 0.05) is 39.3 Å². The summed E-state index contributed by atoms with van der Waals surface area (Å²) in [7, 11) is 1.94. The fourth-order valence-corrected chi connectivity index (χ4v) is 6.96. The number of allylic oxidation sites excluding steroid dienone is 6. The van der Waals surface area contributed by atoms with Crippen LogP contribution in [0, 0.1) is 0 Å². The Morgan fingerprint density at radius 3 is 3.00 bits per heavy atom. The van der Waals surface area contributed by atoms with E-state index in [-0.39, 0.29) is 23.7 Å². The first-order valence-corrected chi connectivity index (χ1v) is 14.5. The molecule has 36 heavy (non-hydrogen) atoms. The minimum atomic E-state index is -0.0260. The van der Waals surface area contributed by atoms with Crippen LogP contribution in [0.3, 0.4) is 0 Å². The first-order chi connectivity index (χ1) is 17.5. The van der Waals surface area contributed by atoms with E-state index in [4.69, 9.17) is 0 Å². The van der Waals surface area contributed by atoms with E-state index in [2.05, 4.69) is 56.2 Å². The van der Waals surface area contributed by atoms with Crippen LogP contribution in [0.1, 0.15) is 44.6 Å². The van der Waals surface area contributed by atoms with Crippen molar-refractivity contribution in [2.75, 3.05) is 39.8 Å². The van der Waals surface area contributed by atoms with Gasteiger partial charge in [0.15, 0.2) is 0 Å². The molecule has 4 heterocycles. The normalized spacial score (nSPS) is 22.4. The highest BCUT2D eigenvalue weighted by molar-refractivity contribution is 9.11. The van der Waals surface area contributed by atoms with Gasteiger partial charge in [-0.1, -0.05) is 36.0 Å². The van der Waals surface area contributed by atoms with Crippen molar-refractivity contribution in [2.45, 2.75) is 50.6 Å². The minimum absolute atomic E-state index is 0.0159. The summed E-state index contributed by atoms with van der Waals surface area (Å²) in [6.45, 7) is 4.31. The number of aromatic nitrogens is 2. The lowest BCUT2D eigenvalue weighted by atomic mass is 10.1. The first-order valence-electron chi connectivity index (χ1n) is 12.9. The summed E-state index contributed by atoms with van der Waals surface area (Å²) in [5.41, 5.74) is 2.15. The Morgan fingerprint density at radius 1 is 1.22 bits per heavy atom. The number of unbranched alkanes of at least 4 members (excludes halogenated alkanes) is 1. The zero-order chi connectivity index (χ0) is 25.1. The molecular weight excluding hydrogens is 538 g/mol. The van der Waals surface area contributed by atoms with Crippen molar-refractivity contribution in [3.05, 3.63) is 62.5 Å². The number of carbonyl (C=O) groups excluding carboxylic acids is 1. The SMILES string of the molecule is CN(C(=O)N1CCC(n2cnc3cc(Br)sc3c2=O)C1)C1CCN(CCCCC2=CCC=CC=C2)C1. The van der Waals surface area contributed by atoms with E-state index in [0.29, 0.717) is 17.8 Å². The van der Waals surface area contributed by atoms with E-state index < -0.39 is 0 Å². The van der Waals surface area contributed by atoms with Gasteiger partial charge in [0.1, 0.15) is 4.70 Å². The van der Waals surface area contributed by atoms with Gasteiger partial charge in [-0.2, -0.15) is 0 Å². The largest absolute Gasteiger partial charge is 0.323 e. The number of nitrogens with zero attached hydrogens (tertiary/aromatic N) is 5. The number of thiophene rings is 1. The van der Waals surface area contributed by atoms with Crippen LogP contribution in [0.5, 0.6) is 0 Å². The quantitative estimate of drug-likeness (QED) is 0.428. The molecule has 5 rings (SSSR count). The molecule has 2 unspecified atom stereocenters. The van der Waals surface area contributed by atoms with E-state index in [1.165, 1.54) is 29.8 Å². The summed E-state index contributed by atoms with van der Waals surface area (Å²) >= 11 is 4.86. The first kappa shape index (κ1) is 25.4. The predicted molar refractivity (Wildman–Crippen MR) is 150 cm³/mol. The van der Waals surface area contributed by atoms with Crippen LogP contribution in [0.4, 0.5) is 4.79 Å². The molecule has 192 valence electrons. The number of carbonyl (C=O) groups is 1. The highest BCUT2D eigenvalue weighted by Gasteiger charge is 2.34. The van der Waals surface area contributed by atoms with Gasteiger partial charge in [-0.05, 0) is 67.1 Å². The van der Waals surface area contributed by atoms with Crippen LogP contribution < -0.4 is 5.56 Å². The lowest BCUT2D eigenvalue weighted by molar-refractivity contribution is 0.154. The number of likely N-dealkylation sites (N-methyl/N-ethyl adjacent to an activating group) is 1. The molecule has 7 nitrogen and oxygen atoms in total. The number of hydrogen-bond acceptors (Lipinski definition) is 5. The molecule has 0 N–H and O–H groups in total. The van der Waals surface area contributed by atoms with Crippen LogP contribution in [0.25, 0.3) is 10.2 Å².